The molecule has 0 fully saturated rings. The second kappa shape index (κ2) is 5.88. The van der Waals surface area contributed by atoms with Crippen LogP contribution in [0.5, 0.6) is 17.4 Å². The highest BCUT2D eigenvalue weighted by atomic mass is 16.7. The van der Waals surface area contributed by atoms with Gasteiger partial charge in [-0.1, -0.05) is 36.4 Å². The van der Waals surface area contributed by atoms with E-state index < -0.39 is 11.8 Å². The molecule has 2 aliphatic rings. The average molecular weight is 358 g/mol. The number of nitrogens with one attached hydrogen (secondary N) is 2. The first kappa shape index (κ1) is 15.5. The molecule has 2 N–H and O–H groups in total. The zero-order valence-electron chi connectivity index (χ0n) is 14.1. The van der Waals surface area contributed by atoms with Crippen LogP contribution in [0, 0.1) is 22.7 Å². The standard InChI is InChI=1S/C20H14N4O3/c21-9-13-16(12-6-7-14-15(8-12)26-10-25-14)17-18(11-4-2-1-3-5-11)23-24-20(17)27-19(13)22/h1-8,13,16,22H,10H2,(H,23,24). The molecule has 3 heterocycles. The van der Waals surface area contributed by atoms with Crippen molar-refractivity contribution in [1.82, 2.24) is 10.2 Å². The number of nitrogens with zero attached hydrogens (tertiary/aromatic N) is 2. The number of hydrogen-bond donors (Lipinski definition) is 2. The monoisotopic (exact) mass is 358 g/mol. The Balaban J connectivity index is 1.71. The minimum atomic E-state index is -0.766. The number of nitriles is 1. The zero-order valence-corrected chi connectivity index (χ0v) is 14.1. The van der Waals surface area contributed by atoms with Gasteiger partial charge in [0.25, 0.3) is 0 Å². The predicted octanol–water partition coefficient (Wildman–Crippen LogP) is 3.45. The van der Waals surface area contributed by atoms with Crippen LogP contribution in [0.25, 0.3) is 11.3 Å². The lowest BCUT2D eigenvalue weighted by Gasteiger charge is -2.28. The molecule has 0 amide bonds. The molecule has 0 saturated heterocycles. The minimum absolute atomic E-state index is 0.112. The van der Waals surface area contributed by atoms with Crippen LogP contribution in [0.1, 0.15) is 17.0 Å². The number of rotatable bonds is 2. The molecule has 0 bridgehead atoms. The van der Waals surface area contributed by atoms with Crippen molar-refractivity contribution in [1.29, 1.82) is 10.7 Å². The third kappa shape index (κ3) is 2.34. The van der Waals surface area contributed by atoms with E-state index in [-0.39, 0.29) is 12.7 Å². The summed E-state index contributed by atoms with van der Waals surface area (Å²) in [6.45, 7) is 0.177. The molecule has 7 heteroatoms. The molecule has 132 valence electrons. The van der Waals surface area contributed by atoms with E-state index in [1.807, 2.05) is 48.5 Å². The third-order valence-electron chi connectivity index (χ3n) is 4.86. The Kier molecular flexibility index (Phi) is 3.37. The van der Waals surface area contributed by atoms with Gasteiger partial charge < -0.3 is 14.2 Å². The van der Waals surface area contributed by atoms with Gasteiger partial charge in [0.15, 0.2) is 11.5 Å². The normalized spacial score (nSPS) is 19.9. The summed E-state index contributed by atoms with van der Waals surface area (Å²) in [5, 5.41) is 25.2. The van der Waals surface area contributed by atoms with Crippen molar-refractivity contribution in [3.63, 3.8) is 0 Å². The van der Waals surface area contributed by atoms with Crippen molar-refractivity contribution in [3.05, 3.63) is 59.7 Å². The summed E-state index contributed by atoms with van der Waals surface area (Å²) < 4.78 is 16.4. The number of hydrogen-bond acceptors (Lipinski definition) is 6. The van der Waals surface area contributed by atoms with Crippen molar-refractivity contribution in [3.8, 4) is 34.7 Å². The van der Waals surface area contributed by atoms with Crippen molar-refractivity contribution in [2.75, 3.05) is 6.79 Å². The van der Waals surface area contributed by atoms with E-state index >= 15 is 0 Å². The van der Waals surface area contributed by atoms with Gasteiger partial charge in [-0.05, 0) is 23.3 Å². The molecule has 1 aromatic heterocycles. The molecule has 0 spiro atoms. The van der Waals surface area contributed by atoms with Gasteiger partial charge in [0.05, 0.1) is 17.3 Å². The van der Waals surface area contributed by atoms with E-state index in [2.05, 4.69) is 16.3 Å². The van der Waals surface area contributed by atoms with Gasteiger partial charge in [0, 0.05) is 5.92 Å². The molecule has 0 saturated carbocycles. The first-order valence-corrected chi connectivity index (χ1v) is 8.45. The summed E-state index contributed by atoms with van der Waals surface area (Å²) in [6, 6.07) is 17.5. The van der Waals surface area contributed by atoms with Crippen LogP contribution < -0.4 is 14.2 Å². The van der Waals surface area contributed by atoms with Crippen LogP contribution in [0.3, 0.4) is 0 Å². The molecule has 27 heavy (non-hydrogen) atoms. The summed E-state index contributed by atoms with van der Waals surface area (Å²) in [6.07, 6.45) is 0. The van der Waals surface area contributed by atoms with Crippen LogP contribution in [0.2, 0.25) is 0 Å². The lowest BCUT2D eigenvalue weighted by atomic mass is 9.78. The summed E-state index contributed by atoms with van der Waals surface area (Å²) >= 11 is 0. The Morgan fingerprint density at radius 1 is 1.11 bits per heavy atom. The summed E-state index contributed by atoms with van der Waals surface area (Å²) in [5.74, 6) is 0.345. The topological polar surface area (TPSA) is 104 Å². The Labute approximate surface area is 154 Å². The zero-order chi connectivity index (χ0) is 18.4. The van der Waals surface area contributed by atoms with Crippen molar-refractivity contribution in [2.45, 2.75) is 5.92 Å². The number of fused-ring (bicyclic) bond motifs is 2. The smallest absolute Gasteiger partial charge is 0.244 e. The number of aromatic nitrogens is 2. The van der Waals surface area contributed by atoms with Gasteiger partial charge in [-0.2, -0.15) is 5.26 Å². The highest BCUT2D eigenvalue weighted by Gasteiger charge is 2.41. The van der Waals surface area contributed by atoms with E-state index in [1.54, 1.807) is 0 Å². The van der Waals surface area contributed by atoms with E-state index in [0.29, 0.717) is 17.4 Å². The summed E-state index contributed by atoms with van der Waals surface area (Å²) in [5.41, 5.74) is 3.33. The van der Waals surface area contributed by atoms with Crippen LogP contribution in [0.15, 0.2) is 48.5 Å². The second-order valence-electron chi connectivity index (χ2n) is 6.35. The van der Waals surface area contributed by atoms with Crippen LogP contribution in [-0.2, 0) is 0 Å². The molecular formula is C20H14N4O3. The molecule has 2 aliphatic heterocycles. The number of ether oxygens (including phenoxy) is 3. The van der Waals surface area contributed by atoms with Crippen LogP contribution >= 0.6 is 0 Å². The fourth-order valence-corrected chi connectivity index (χ4v) is 3.61. The molecule has 2 aromatic carbocycles. The first-order valence-electron chi connectivity index (χ1n) is 8.45. The molecule has 5 rings (SSSR count). The Morgan fingerprint density at radius 3 is 2.74 bits per heavy atom. The molecule has 0 radical (unpaired) electrons. The van der Waals surface area contributed by atoms with Crippen LogP contribution in [-0.4, -0.2) is 22.9 Å². The quantitative estimate of drug-likeness (QED) is 0.730. The van der Waals surface area contributed by atoms with Gasteiger partial charge in [0.2, 0.25) is 18.6 Å². The Hall–Kier alpha value is -3.79. The maximum atomic E-state index is 9.75. The SMILES string of the molecule is N#CC1C(=N)Oc2n[nH]c(-c3ccccc3)c2C1c1ccc2c(c1)OCO2. The molecule has 2 atom stereocenters. The molecule has 3 aromatic rings. The van der Waals surface area contributed by atoms with Gasteiger partial charge in [0.1, 0.15) is 5.92 Å². The van der Waals surface area contributed by atoms with E-state index in [4.69, 9.17) is 19.6 Å². The molecule has 7 nitrogen and oxygen atoms in total. The molecule has 2 unspecified atom stereocenters. The maximum Gasteiger partial charge on any atom is 0.244 e. The number of aromatic amines is 1. The van der Waals surface area contributed by atoms with E-state index in [1.165, 1.54) is 0 Å². The molecule has 0 aliphatic carbocycles. The predicted molar refractivity (Wildman–Crippen MR) is 95.9 cm³/mol. The highest BCUT2D eigenvalue weighted by molar-refractivity contribution is 5.86. The van der Waals surface area contributed by atoms with Crippen molar-refractivity contribution in [2.24, 2.45) is 5.92 Å². The van der Waals surface area contributed by atoms with E-state index in [9.17, 15) is 5.26 Å². The Bertz CT molecular complexity index is 1080. The largest absolute Gasteiger partial charge is 0.454 e. The fourth-order valence-electron chi connectivity index (χ4n) is 3.61. The second-order valence-corrected chi connectivity index (χ2v) is 6.35. The van der Waals surface area contributed by atoms with Crippen molar-refractivity contribution < 1.29 is 14.2 Å². The lowest BCUT2D eigenvalue weighted by molar-refractivity contribution is 0.174. The summed E-state index contributed by atoms with van der Waals surface area (Å²) in [4.78, 5) is 0. The third-order valence-corrected chi connectivity index (χ3v) is 4.86. The first-order chi connectivity index (χ1) is 13.3. The maximum absolute atomic E-state index is 9.75. The van der Waals surface area contributed by atoms with Gasteiger partial charge >= 0.3 is 0 Å². The Morgan fingerprint density at radius 2 is 1.93 bits per heavy atom. The highest BCUT2D eigenvalue weighted by Crippen LogP contribution is 2.47. The van der Waals surface area contributed by atoms with Gasteiger partial charge in [-0.3, -0.25) is 10.5 Å². The summed E-state index contributed by atoms with van der Waals surface area (Å²) in [7, 11) is 0. The lowest BCUT2D eigenvalue weighted by Crippen LogP contribution is -2.30. The molecular weight excluding hydrogens is 344 g/mol. The van der Waals surface area contributed by atoms with Gasteiger partial charge in [-0.15, -0.1) is 5.10 Å². The van der Waals surface area contributed by atoms with Crippen molar-refractivity contribution >= 4 is 5.90 Å². The fraction of sp³-hybridized carbons (Fsp3) is 0.150. The van der Waals surface area contributed by atoms with Gasteiger partial charge in [-0.25, -0.2) is 0 Å². The van der Waals surface area contributed by atoms with E-state index in [0.717, 1.165) is 22.4 Å². The number of H-pyrrole nitrogens is 1. The van der Waals surface area contributed by atoms with Crippen LogP contribution in [0.4, 0.5) is 0 Å². The minimum Gasteiger partial charge on any atom is -0.454 e. The number of benzene rings is 2. The average Bonchev–Trinajstić information content (AvgIpc) is 3.33.